The summed E-state index contributed by atoms with van der Waals surface area (Å²) in [7, 11) is 0. The molecule has 0 heterocycles. The van der Waals surface area contributed by atoms with Gasteiger partial charge in [0.2, 0.25) is 0 Å². The van der Waals surface area contributed by atoms with Crippen LogP contribution in [0.3, 0.4) is 0 Å². The predicted octanol–water partition coefficient (Wildman–Crippen LogP) is 3.62. The summed E-state index contributed by atoms with van der Waals surface area (Å²) in [6.07, 6.45) is -0.949. The molecule has 0 atom stereocenters. The van der Waals surface area contributed by atoms with E-state index in [2.05, 4.69) is 0 Å². The van der Waals surface area contributed by atoms with Gasteiger partial charge in [0.1, 0.15) is 0 Å². The fourth-order valence-electron chi connectivity index (χ4n) is 1.56. The van der Waals surface area contributed by atoms with Crippen LogP contribution in [0, 0.1) is 0 Å². The number of hydrogen-bond donors (Lipinski definition) is 0. The molecule has 1 aliphatic carbocycles. The highest BCUT2D eigenvalue weighted by molar-refractivity contribution is 6.30. The van der Waals surface area contributed by atoms with Crippen LogP contribution in [0.2, 0.25) is 5.02 Å². The smallest absolute Gasteiger partial charge is 0.199 e. The Kier molecular flexibility index (Phi) is 1.83. The van der Waals surface area contributed by atoms with E-state index in [0.29, 0.717) is 0 Å². The van der Waals surface area contributed by atoms with Crippen LogP contribution in [0.4, 0.5) is 17.6 Å². The van der Waals surface area contributed by atoms with E-state index in [1.807, 2.05) is 0 Å². The Morgan fingerprint density at radius 3 is 2.43 bits per heavy atom. The van der Waals surface area contributed by atoms with Crippen LogP contribution in [0.1, 0.15) is 11.1 Å². The van der Waals surface area contributed by atoms with E-state index in [0.717, 1.165) is 12.1 Å². The van der Waals surface area contributed by atoms with Crippen molar-refractivity contribution in [3.05, 3.63) is 34.3 Å². The molecule has 1 aromatic rings. The highest BCUT2D eigenvalue weighted by Crippen LogP contribution is 2.52. The number of hydrogen-bond acceptors (Lipinski definition) is 0. The largest absolute Gasteiger partial charge is 0.335 e. The SMILES string of the molecule is FC1(F)Cc2cc(Cl)ccc2C1(F)F. The Hall–Kier alpha value is -0.770. The van der Waals surface area contributed by atoms with Crippen LogP contribution in [0.15, 0.2) is 18.2 Å². The van der Waals surface area contributed by atoms with E-state index >= 15 is 0 Å². The summed E-state index contributed by atoms with van der Waals surface area (Å²) in [5.74, 6) is -8.08. The summed E-state index contributed by atoms with van der Waals surface area (Å²) in [4.78, 5) is 0. The van der Waals surface area contributed by atoms with Crippen molar-refractivity contribution in [1.82, 2.24) is 0 Å². The van der Waals surface area contributed by atoms with Gasteiger partial charge < -0.3 is 0 Å². The molecule has 14 heavy (non-hydrogen) atoms. The molecule has 0 saturated carbocycles. The topological polar surface area (TPSA) is 0 Å². The first-order chi connectivity index (χ1) is 6.34. The normalized spacial score (nSPS) is 22.1. The number of halogens is 5. The van der Waals surface area contributed by atoms with Crippen molar-refractivity contribution in [3.8, 4) is 0 Å². The van der Waals surface area contributed by atoms with Crippen molar-refractivity contribution in [3.63, 3.8) is 0 Å². The van der Waals surface area contributed by atoms with Gasteiger partial charge in [-0.1, -0.05) is 17.7 Å². The lowest BCUT2D eigenvalue weighted by molar-refractivity contribution is -0.202. The molecule has 0 amide bonds. The van der Waals surface area contributed by atoms with Gasteiger partial charge in [0, 0.05) is 17.0 Å². The molecule has 0 aliphatic heterocycles. The summed E-state index contributed by atoms with van der Waals surface area (Å²) < 4.78 is 51.8. The fraction of sp³-hybridized carbons (Fsp3) is 0.333. The Morgan fingerprint density at radius 1 is 1.14 bits per heavy atom. The lowest BCUT2D eigenvalue weighted by Crippen LogP contribution is -2.33. The summed E-state index contributed by atoms with van der Waals surface area (Å²) in [5.41, 5.74) is -0.695. The van der Waals surface area contributed by atoms with E-state index < -0.39 is 23.8 Å². The highest BCUT2D eigenvalue weighted by Gasteiger charge is 2.62. The maximum atomic E-state index is 13.1. The third-order valence-electron chi connectivity index (χ3n) is 2.28. The van der Waals surface area contributed by atoms with Gasteiger partial charge in [-0.3, -0.25) is 0 Å². The van der Waals surface area contributed by atoms with E-state index in [4.69, 9.17) is 11.6 Å². The average Bonchev–Trinajstić information content (AvgIpc) is 2.18. The summed E-state index contributed by atoms with van der Waals surface area (Å²) in [5, 5.41) is 0.192. The molecule has 0 unspecified atom stereocenters. The fourth-order valence-corrected chi connectivity index (χ4v) is 1.76. The predicted molar refractivity (Wildman–Crippen MR) is 44.0 cm³/mol. The third-order valence-corrected chi connectivity index (χ3v) is 2.51. The highest BCUT2D eigenvalue weighted by atomic mass is 35.5. The first kappa shape index (κ1) is 9.77. The molecule has 76 valence electrons. The van der Waals surface area contributed by atoms with Crippen LogP contribution in [-0.4, -0.2) is 5.92 Å². The van der Waals surface area contributed by atoms with Crippen LogP contribution in [0.5, 0.6) is 0 Å². The summed E-state index contributed by atoms with van der Waals surface area (Å²) >= 11 is 5.52. The minimum Gasteiger partial charge on any atom is -0.199 e. The van der Waals surface area contributed by atoms with E-state index in [-0.39, 0.29) is 10.6 Å². The van der Waals surface area contributed by atoms with Gasteiger partial charge >= 0.3 is 11.8 Å². The zero-order valence-electron chi connectivity index (χ0n) is 6.83. The standard InChI is InChI=1S/C9H5ClF4/c10-6-1-2-7-5(3-6)4-8(11,12)9(7,13)14/h1-3H,4H2. The van der Waals surface area contributed by atoms with Crippen molar-refractivity contribution in [2.75, 3.05) is 0 Å². The number of rotatable bonds is 0. The zero-order chi connectivity index (χ0) is 10.6. The molecule has 1 aromatic carbocycles. The van der Waals surface area contributed by atoms with Crippen molar-refractivity contribution >= 4 is 11.6 Å². The van der Waals surface area contributed by atoms with Gasteiger partial charge in [-0.2, -0.15) is 17.6 Å². The number of fused-ring (bicyclic) bond motifs is 1. The molecule has 1 aliphatic rings. The Balaban J connectivity index is 2.60. The molecule has 5 heteroatoms. The minimum atomic E-state index is -4.08. The van der Waals surface area contributed by atoms with Gasteiger partial charge in [0.05, 0.1) is 0 Å². The first-order valence-corrected chi connectivity index (χ1v) is 4.27. The van der Waals surface area contributed by atoms with E-state index in [1.54, 1.807) is 0 Å². The lowest BCUT2D eigenvalue weighted by Gasteiger charge is -2.18. The molecule has 0 N–H and O–H groups in total. The molecule has 0 fully saturated rings. The van der Waals surface area contributed by atoms with Crippen LogP contribution >= 0.6 is 11.6 Å². The van der Waals surface area contributed by atoms with Crippen LogP contribution in [0.25, 0.3) is 0 Å². The van der Waals surface area contributed by atoms with E-state index in [9.17, 15) is 17.6 Å². The van der Waals surface area contributed by atoms with E-state index in [1.165, 1.54) is 6.07 Å². The average molecular weight is 225 g/mol. The van der Waals surface area contributed by atoms with Gasteiger partial charge in [0.15, 0.2) is 0 Å². The number of alkyl halides is 4. The minimum absolute atomic E-state index is 0.0764. The van der Waals surface area contributed by atoms with Crippen molar-refractivity contribution < 1.29 is 17.6 Å². The molecule has 0 saturated heterocycles. The second-order valence-corrected chi connectivity index (χ2v) is 3.69. The van der Waals surface area contributed by atoms with Gasteiger partial charge in [-0.15, -0.1) is 0 Å². The molecular formula is C9H5ClF4. The summed E-state index contributed by atoms with van der Waals surface area (Å²) in [6.45, 7) is 0. The lowest BCUT2D eigenvalue weighted by atomic mass is 10.1. The van der Waals surface area contributed by atoms with Gasteiger partial charge in [-0.25, -0.2) is 0 Å². The maximum absolute atomic E-state index is 13.1. The quantitative estimate of drug-likeness (QED) is 0.591. The van der Waals surface area contributed by atoms with Crippen LogP contribution in [-0.2, 0) is 12.3 Å². The third kappa shape index (κ3) is 1.13. The molecule has 0 bridgehead atoms. The van der Waals surface area contributed by atoms with Crippen LogP contribution < -0.4 is 0 Å². The second-order valence-electron chi connectivity index (χ2n) is 3.26. The molecule has 0 nitrogen and oxygen atoms in total. The Labute approximate surface area is 82.5 Å². The molecule has 0 spiro atoms. The van der Waals surface area contributed by atoms with Crippen molar-refractivity contribution in [2.45, 2.75) is 18.3 Å². The van der Waals surface area contributed by atoms with Gasteiger partial charge in [0.25, 0.3) is 0 Å². The molecule has 0 aromatic heterocycles. The molecular weight excluding hydrogens is 220 g/mol. The second kappa shape index (κ2) is 2.63. The zero-order valence-corrected chi connectivity index (χ0v) is 7.58. The summed E-state index contributed by atoms with van der Waals surface area (Å²) in [6, 6.07) is 3.31. The Bertz CT molecular complexity index is 386. The number of benzene rings is 1. The maximum Gasteiger partial charge on any atom is 0.335 e. The van der Waals surface area contributed by atoms with Crippen molar-refractivity contribution in [2.24, 2.45) is 0 Å². The van der Waals surface area contributed by atoms with Gasteiger partial charge in [-0.05, 0) is 17.7 Å². The Morgan fingerprint density at radius 2 is 1.79 bits per heavy atom. The first-order valence-electron chi connectivity index (χ1n) is 3.89. The molecule has 2 rings (SSSR count). The monoisotopic (exact) mass is 224 g/mol. The van der Waals surface area contributed by atoms with Crippen molar-refractivity contribution in [1.29, 1.82) is 0 Å². The molecule has 0 radical (unpaired) electrons.